The first-order chi connectivity index (χ1) is 10.3. The van der Waals surface area contributed by atoms with Crippen LogP contribution in [-0.2, 0) is 0 Å². The van der Waals surface area contributed by atoms with E-state index >= 15 is 0 Å². The summed E-state index contributed by atoms with van der Waals surface area (Å²) in [6.45, 7) is 2.66. The van der Waals surface area contributed by atoms with E-state index in [2.05, 4.69) is 35.3 Å². The molecule has 0 aliphatic carbocycles. The lowest BCUT2D eigenvalue weighted by Gasteiger charge is -2.06. The minimum atomic E-state index is 0.145. The Hall–Kier alpha value is -2.20. The van der Waals surface area contributed by atoms with Crippen LogP contribution in [0.2, 0.25) is 0 Å². The van der Waals surface area contributed by atoms with E-state index < -0.39 is 0 Å². The fourth-order valence-electron chi connectivity index (χ4n) is 2.62. The smallest absolute Gasteiger partial charge is 0.231 e. The number of rotatable bonds is 5. The molecule has 1 atom stereocenters. The maximum Gasteiger partial charge on any atom is 0.231 e. The zero-order valence-corrected chi connectivity index (χ0v) is 12.1. The van der Waals surface area contributed by atoms with Crippen LogP contribution in [0.1, 0.15) is 31.6 Å². The molecule has 2 N–H and O–H groups in total. The second kappa shape index (κ2) is 6.06. The molecule has 0 spiro atoms. The Labute approximate surface area is 124 Å². The SMILES string of the molecule is CCCC(CN)c1nc(-c2cccc3ccccc23)no1. The molecule has 1 unspecified atom stereocenters. The maximum absolute atomic E-state index is 5.80. The van der Waals surface area contributed by atoms with Gasteiger partial charge in [0.15, 0.2) is 0 Å². The minimum absolute atomic E-state index is 0.145. The van der Waals surface area contributed by atoms with Gasteiger partial charge >= 0.3 is 0 Å². The number of fused-ring (bicyclic) bond motifs is 1. The van der Waals surface area contributed by atoms with Crippen LogP contribution in [-0.4, -0.2) is 16.7 Å². The largest absolute Gasteiger partial charge is 0.339 e. The van der Waals surface area contributed by atoms with E-state index in [4.69, 9.17) is 10.3 Å². The molecular weight excluding hydrogens is 262 g/mol. The van der Waals surface area contributed by atoms with Crippen molar-refractivity contribution in [1.82, 2.24) is 10.1 Å². The van der Waals surface area contributed by atoms with Gasteiger partial charge in [-0.3, -0.25) is 0 Å². The van der Waals surface area contributed by atoms with Gasteiger partial charge in [0.05, 0.1) is 5.92 Å². The highest BCUT2D eigenvalue weighted by Crippen LogP contribution is 2.28. The maximum atomic E-state index is 5.80. The number of aromatic nitrogens is 2. The van der Waals surface area contributed by atoms with Crippen LogP contribution >= 0.6 is 0 Å². The minimum Gasteiger partial charge on any atom is -0.339 e. The van der Waals surface area contributed by atoms with E-state index in [1.165, 1.54) is 5.39 Å². The first-order valence-corrected chi connectivity index (χ1v) is 7.35. The molecule has 0 aliphatic rings. The zero-order valence-electron chi connectivity index (χ0n) is 12.1. The van der Waals surface area contributed by atoms with Crippen molar-refractivity contribution in [2.75, 3.05) is 6.54 Å². The van der Waals surface area contributed by atoms with Gasteiger partial charge in [-0.15, -0.1) is 0 Å². The Morgan fingerprint density at radius 2 is 1.95 bits per heavy atom. The second-order valence-electron chi connectivity index (χ2n) is 5.20. The van der Waals surface area contributed by atoms with E-state index in [9.17, 15) is 0 Å². The molecule has 4 nitrogen and oxygen atoms in total. The molecule has 108 valence electrons. The summed E-state index contributed by atoms with van der Waals surface area (Å²) in [6, 6.07) is 14.3. The van der Waals surface area contributed by atoms with E-state index in [-0.39, 0.29) is 5.92 Å². The van der Waals surface area contributed by atoms with Crippen LogP contribution in [0.5, 0.6) is 0 Å². The van der Waals surface area contributed by atoms with E-state index in [0.717, 1.165) is 23.8 Å². The van der Waals surface area contributed by atoms with Gasteiger partial charge in [0.2, 0.25) is 11.7 Å². The van der Waals surface area contributed by atoms with Crippen molar-refractivity contribution in [1.29, 1.82) is 0 Å². The third-order valence-corrected chi connectivity index (χ3v) is 3.74. The summed E-state index contributed by atoms with van der Waals surface area (Å²) >= 11 is 0. The Kier molecular flexibility index (Phi) is 3.97. The van der Waals surface area contributed by atoms with Crippen molar-refractivity contribution >= 4 is 10.8 Å². The Bertz CT molecular complexity index is 730. The van der Waals surface area contributed by atoms with Crippen LogP contribution < -0.4 is 5.73 Å². The lowest BCUT2D eigenvalue weighted by molar-refractivity contribution is 0.347. The molecule has 0 radical (unpaired) electrons. The number of hydrogen-bond donors (Lipinski definition) is 1. The van der Waals surface area contributed by atoms with Gasteiger partial charge in [-0.05, 0) is 17.2 Å². The average Bonchev–Trinajstić information content (AvgIpc) is 3.01. The van der Waals surface area contributed by atoms with E-state index in [1.807, 2.05) is 24.3 Å². The Morgan fingerprint density at radius 1 is 1.14 bits per heavy atom. The van der Waals surface area contributed by atoms with Crippen LogP contribution in [0.25, 0.3) is 22.2 Å². The molecule has 0 bridgehead atoms. The Balaban J connectivity index is 2.02. The van der Waals surface area contributed by atoms with Crippen molar-refractivity contribution in [2.45, 2.75) is 25.7 Å². The summed E-state index contributed by atoms with van der Waals surface area (Å²) < 4.78 is 5.43. The summed E-state index contributed by atoms with van der Waals surface area (Å²) in [5, 5.41) is 6.45. The highest BCUT2D eigenvalue weighted by Gasteiger charge is 2.18. The highest BCUT2D eigenvalue weighted by atomic mass is 16.5. The molecule has 0 saturated carbocycles. The van der Waals surface area contributed by atoms with Gasteiger partial charge in [-0.2, -0.15) is 4.98 Å². The first kappa shape index (κ1) is 13.8. The molecule has 3 aromatic rings. The van der Waals surface area contributed by atoms with Crippen LogP contribution in [0.3, 0.4) is 0 Å². The van der Waals surface area contributed by atoms with Gasteiger partial charge in [-0.1, -0.05) is 61.0 Å². The number of benzene rings is 2. The molecular formula is C17H19N3O. The van der Waals surface area contributed by atoms with E-state index in [1.54, 1.807) is 0 Å². The molecule has 0 aliphatic heterocycles. The van der Waals surface area contributed by atoms with Crippen molar-refractivity contribution in [3.8, 4) is 11.4 Å². The molecule has 0 amide bonds. The van der Waals surface area contributed by atoms with Gasteiger partial charge < -0.3 is 10.3 Å². The number of nitrogens with two attached hydrogens (primary N) is 1. The van der Waals surface area contributed by atoms with E-state index in [0.29, 0.717) is 18.3 Å². The lowest BCUT2D eigenvalue weighted by atomic mass is 10.0. The molecule has 4 heteroatoms. The third-order valence-electron chi connectivity index (χ3n) is 3.74. The van der Waals surface area contributed by atoms with Crippen LogP contribution in [0, 0.1) is 0 Å². The second-order valence-corrected chi connectivity index (χ2v) is 5.20. The van der Waals surface area contributed by atoms with Gasteiger partial charge in [0, 0.05) is 12.1 Å². The summed E-state index contributed by atoms with van der Waals surface area (Å²) in [5.74, 6) is 1.42. The first-order valence-electron chi connectivity index (χ1n) is 7.35. The molecule has 0 fully saturated rings. The lowest BCUT2D eigenvalue weighted by Crippen LogP contribution is -2.12. The van der Waals surface area contributed by atoms with Crippen LogP contribution in [0.15, 0.2) is 47.0 Å². The molecule has 21 heavy (non-hydrogen) atoms. The molecule has 3 rings (SSSR count). The fourth-order valence-corrected chi connectivity index (χ4v) is 2.62. The quantitative estimate of drug-likeness (QED) is 0.774. The predicted octanol–water partition coefficient (Wildman–Crippen LogP) is 3.73. The summed E-state index contributed by atoms with van der Waals surface area (Å²) in [7, 11) is 0. The molecule has 0 saturated heterocycles. The van der Waals surface area contributed by atoms with Gasteiger partial charge in [0.25, 0.3) is 0 Å². The van der Waals surface area contributed by atoms with Gasteiger partial charge in [-0.25, -0.2) is 0 Å². The topological polar surface area (TPSA) is 64.9 Å². The molecule has 1 heterocycles. The zero-order chi connectivity index (χ0) is 14.7. The standard InChI is InChI=1S/C17H19N3O/c1-2-6-13(11-18)17-19-16(20-21-17)15-10-5-8-12-7-3-4-9-14(12)15/h3-5,7-10,13H,2,6,11,18H2,1H3. The number of hydrogen-bond acceptors (Lipinski definition) is 4. The van der Waals surface area contributed by atoms with Crippen molar-refractivity contribution < 1.29 is 4.52 Å². The van der Waals surface area contributed by atoms with Crippen molar-refractivity contribution in [2.24, 2.45) is 5.73 Å². The average molecular weight is 281 g/mol. The number of nitrogens with zero attached hydrogens (tertiary/aromatic N) is 2. The van der Waals surface area contributed by atoms with Crippen molar-refractivity contribution in [3.63, 3.8) is 0 Å². The summed E-state index contributed by atoms with van der Waals surface area (Å²) in [4.78, 5) is 4.56. The fraction of sp³-hybridized carbons (Fsp3) is 0.294. The van der Waals surface area contributed by atoms with Crippen molar-refractivity contribution in [3.05, 3.63) is 48.4 Å². The highest BCUT2D eigenvalue weighted by molar-refractivity contribution is 5.94. The van der Waals surface area contributed by atoms with Crippen LogP contribution in [0.4, 0.5) is 0 Å². The van der Waals surface area contributed by atoms with Gasteiger partial charge in [0.1, 0.15) is 0 Å². The third kappa shape index (κ3) is 2.67. The summed E-state index contributed by atoms with van der Waals surface area (Å²) in [5.41, 5.74) is 6.80. The molecule has 2 aromatic carbocycles. The monoisotopic (exact) mass is 281 g/mol. The normalized spacial score (nSPS) is 12.7. The Morgan fingerprint density at radius 3 is 2.76 bits per heavy atom. The summed E-state index contributed by atoms with van der Waals surface area (Å²) in [6.07, 6.45) is 2.02. The molecule has 1 aromatic heterocycles. The predicted molar refractivity (Wildman–Crippen MR) is 83.9 cm³/mol.